The van der Waals surface area contributed by atoms with Gasteiger partial charge in [-0.1, -0.05) is 31.9 Å². The molecule has 2 aromatic carbocycles. The van der Waals surface area contributed by atoms with Gasteiger partial charge in [-0.05, 0) is 48.4 Å². The number of anilines is 2. The van der Waals surface area contributed by atoms with Gasteiger partial charge in [0.25, 0.3) is 0 Å². The van der Waals surface area contributed by atoms with Crippen LogP contribution in [0.5, 0.6) is 0 Å². The highest BCUT2D eigenvalue weighted by Gasteiger charge is 2.27. The number of hydrogen-bond donors (Lipinski definition) is 1. The molecule has 1 aromatic heterocycles. The van der Waals surface area contributed by atoms with Crippen molar-refractivity contribution in [3.05, 3.63) is 64.9 Å². The van der Waals surface area contributed by atoms with Gasteiger partial charge in [-0.15, -0.1) is 0 Å². The third-order valence-electron chi connectivity index (χ3n) is 5.85. The predicted molar refractivity (Wildman–Crippen MR) is 122 cm³/mol. The number of amides is 1. The maximum Gasteiger partial charge on any atom is 0.223 e. The molecule has 0 fully saturated rings. The average molecular weight is 459 g/mol. The van der Waals surface area contributed by atoms with E-state index in [1.165, 1.54) is 24.3 Å². The molecule has 0 unspecified atom stereocenters. The third kappa shape index (κ3) is 4.63. The van der Waals surface area contributed by atoms with E-state index in [-0.39, 0.29) is 16.7 Å². The first kappa shape index (κ1) is 22.3. The summed E-state index contributed by atoms with van der Waals surface area (Å²) in [6.45, 7) is 5.65. The van der Waals surface area contributed by atoms with Crippen molar-refractivity contribution in [2.75, 3.05) is 11.9 Å². The molecule has 0 saturated carbocycles. The Morgan fingerprint density at radius 1 is 1.19 bits per heavy atom. The molecule has 0 radical (unpaired) electrons. The van der Waals surface area contributed by atoms with Gasteiger partial charge in [0.1, 0.15) is 29.0 Å². The molecule has 0 spiro atoms. The van der Waals surface area contributed by atoms with E-state index in [0.29, 0.717) is 49.2 Å². The molecule has 2 heterocycles. The smallest absolute Gasteiger partial charge is 0.223 e. The van der Waals surface area contributed by atoms with Gasteiger partial charge in [-0.2, -0.15) is 0 Å². The molecule has 4 rings (SSSR count). The fourth-order valence-electron chi connectivity index (χ4n) is 3.76. The Bertz CT molecular complexity index is 1130. The fraction of sp³-hybridized carbons (Fsp3) is 0.333. The standard InChI is InChI=1S/C24H25ClF2N4O/c1-3-15(2)12-22(32)30-10-11-31-21(14-30)29-23(16-4-6-17(26)7-5-16)24(31)28-18-8-9-19(25)20(27)13-18/h4-9,13,15,28H,3,10-12,14H2,1-2H3/t15-/m0/s1. The summed E-state index contributed by atoms with van der Waals surface area (Å²) in [5.41, 5.74) is 1.86. The van der Waals surface area contributed by atoms with Gasteiger partial charge in [-0.25, -0.2) is 13.8 Å². The molecule has 3 aromatic rings. The van der Waals surface area contributed by atoms with Crippen molar-refractivity contribution < 1.29 is 13.6 Å². The van der Waals surface area contributed by atoms with Crippen molar-refractivity contribution in [2.24, 2.45) is 5.92 Å². The Morgan fingerprint density at radius 2 is 1.94 bits per heavy atom. The Labute approximate surface area is 191 Å². The predicted octanol–water partition coefficient (Wildman–Crippen LogP) is 6.00. The molecule has 5 nitrogen and oxygen atoms in total. The Morgan fingerprint density at radius 3 is 2.62 bits per heavy atom. The van der Waals surface area contributed by atoms with Crippen LogP contribution in [-0.4, -0.2) is 26.9 Å². The number of carbonyl (C=O) groups is 1. The minimum absolute atomic E-state index is 0.0417. The lowest BCUT2D eigenvalue weighted by atomic mass is 10.0. The van der Waals surface area contributed by atoms with E-state index in [9.17, 15) is 13.6 Å². The highest BCUT2D eigenvalue weighted by Crippen LogP contribution is 2.34. The SMILES string of the molecule is CC[C@H](C)CC(=O)N1CCn2c(nc(-c3ccc(F)cc3)c2Nc2ccc(Cl)c(F)c2)C1. The molecule has 1 atom stereocenters. The first-order valence-electron chi connectivity index (χ1n) is 10.7. The number of rotatable bonds is 6. The number of benzene rings is 2. The molecule has 1 aliphatic heterocycles. The van der Waals surface area contributed by atoms with Crippen LogP contribution < -0.4 is 5.32 Å². The highest BCUT2D eigenvalue weighted by molar-refractivity contribution is 6.30. The molecular weight excluding hydrogens is 434 g/mol. The molecule has 8 heteroatoms. The lowest BCUT2D eigenvalue weighted by Crippen LogP contribution is -2.39. The minimum atomic E-state index is -0.528. The van der Waals surface area contributed by atoms with Crippen molar-refractivity contribution >= 4 is 29.0 Å². The summed E-state index contributed by atoms with van der Waals surface area (Å²) in [6.07, 6.45) is 1.46. The van der Waals surface area contributed by atoms with Gasteiger partial charge in [0, 0.05) is 30.8 Å². The van der Waals surface area contributed by atoms with E-state index in [0.717, 1.165) is 17.8 Å². The topological polar surface area (TPSA) is 50.2 Å². The normalized spacial score (nSPS) is 14.2. The number of nitrogens with zero attached hydrogens (tertiary/aromatic N) is 3. The van der Waals surface area contributed by atoms with Crippen LogP contribution in [0.25, 0.3) is 11.3 Å². The van der Waals surface area contributed by atoms with Gasteiger partial charge < -0.3 is 14.8 Å². The van der Waals surface area contributed by atoms with E-state index in [1.807, 2.05) is 9.47 Å². The van der Waals surface area contributed by atoms with Crippen LogP contribution in [-0.2, 0) is 17.9 Å². The van der Waals surface area contributed by atoms with Crippen molar-refractivity contribution in [1.29, 1.82) is 0 Å². The van der Waals surface area contributed by atoms with E-state index >= 15 is 0 Å². The van der Waals surface area contributed by atoms with Gasteiger partial charge in [0.15, 0.2) is 0 Å². The number of aromatic nitrogens is 2. The maximum absolute atomic E-state index is 14.0. The van der Waals surface area contributed by atoms with E-state index in [1.54, 1.807) is 18.2 Å². The number of halogens is 3. The minimum Gasteiger partial charge on any atom is -0.340 e. The van der Waals surface area contributed by atoms with Crippen LogP contribution in [0.4, 0.5) is 20.3 Å². The van der Waals surface area contributed by atoms with Gasteiger partial charge in [0.05, 0.1) is 11.6 Å². The Hall–Kier alpha value is -2.93. The molecule has 1 N–H and O–H groups in total. The third-order valence-corrected chi connectivity index (χ3v) is 6.15. The van der Waals surface area contributed by atoms with Crippen LogP contribution >= 0.6 is 11.6 Å². The van der Waals surface area contributed by atoms with Crippen molar-refractivity contribution in [2.45, 2.75) is 39.8 Å². The molecule has 1 aliphatic rings. The summed E-state index contributed by atoms with van der Waals surface area (Å²) in [6, 6.07) is 10.6. The zero-order valence-electron chi connectivity index (χ0n) is 18.0. The lowest BCUT2D eigenvalue weighted by Gasteiger charge is -2.29. The van der Waals surface area contributed by atoms with E-state index in [4.69, 9.17) is 16.6 Å². The largest absolute Gasteiger partial charge is 0.340 e. The Balaban J connectivity index is 1.69. The zero-order chi connectivity index (χ0) is 22.8. The molecule has 168 valence electrons. The molecule has 0 aliphatic carbocycles. The summed E-state index contributed by atoms with van der Waals surface area (Å²) >= 11 is 5.82. The molecule has 0 saturated heterocycles. The van der Waals surface area contributed by atoms with Crippen molar-refractivity contribution in [3.63, 3.8) is 0 Å². The summed E-state index contributed by atoms with van der Waals surface area (Å²) in [4.78, 5) is 19.3. The second-order valence-corrected chi connectivity index (χ2v) is 8.58. The monoisotopic (exact) mass is 458 g/mol. The first-order chi connectivity index (χ1) is 15.4. The van der Waals surface area contributed by atoms with Crippen LogP contribution in [0.15, 0.2) is 42.5 Å². The Kier molecular flexibility index (Phi) is 6.46. The fourth-order valence-corrected chi connectivity index (χ4v) is 3.88. The number of fused-ring (bicyclic) bond motifs is 1. The average Bonchev–Trinajstić information content (AvgIpc) is 3.14. The van der Waals surface area contributed by atoms with Crippen LogP contribution in [0, 0.1) is 17.6 Å². The number of hydrogen-bond acceptors (Lipinski definition) is 3. The van der Waals surface area contributed by atoms with E-state index < -0.39 is 5.82 Å². The lowest BCUT2D eigenvalue weighted by molar-refractivity contribution is -0.133. The second kappa shape index (κ2) is 9.28. The molecule has 1 amide bonds. The summed E-state index contributed by atoms with van der Waals surface area (Å²) in [5.74, 6) is 0.976. The van der Waals surface area contributed by atoms with Crippen molar-refractivity contribution in [1.82, 2.24) is 14.5 Å². The maximum atomic E-state index is 14.0. The molecular formula is C24H25ClF2N4O. The highest BCUT2D eigenvalue weighted by atomic mass is 35.5. The second-order valence-electron chi connectivity index (χ2n) is 8.17. The van der Waals surface area contributed by atoms with Gasteiger partial charge in [-0.3, -0.25) is 4.79 Å². The van der Waals surface area contributed by atoms with Crippen LogP contribution in [0.1, 0.15) is 32.5 Å². The number of carbonyl (C=O) groups excluding carboxylic acids is 1. The number of imidazole rings is 1. The van der Waals surface area contributed by atoms with Crippen molar-refractivity contribution in [3.8, 4) is 11.3 Å². The van der Waals surface area contributed by atoms with Crippen LogP contribution in [0.2, 0.25) is 5.02 Å². The summed E-state index contributed by atoms with van der Waals surface area (Å²) in [7, 11) is 0. The van der Waals surface area contributed by atoms with Gasteiger partial charge >= 0.3 is 0 Å². The first-order valence-corrected chi connectivity index (χ1v) is 11.1. The zero-order valence-corrected chi connectivity index (χ0v) is 18.8. The summed E-state index contributed by atoms with van der Waals surface area (Å²) < 4.78 is 29.5. The van der Waals surface area contributed by atoms with Gasteiger partial charge in [0.2, 0.25) is 5.91 Å². The number of nitrogens with one attached hydrogen (secondary N) is 1. The summed E-state index contributed by atoms with van der Waals surface area (Å²) in [5, 5.41) is 3.29. The quantitative estimate of drug-likeness (QED) is 0.492. The molecule has 32 heavy (non-hydrogen) atoms. The molecule has 0 bridgehead atoms. The van der Waals surface area contributed by atoms with E-state index in [2.05, 4.69) is 19.2 Å². The van der Waals surface area contributed by atoms with Crippen LogP contribution in [0.3, 0.4) is 0 Å².